The summed E-state index contributed by atoms with van der Waals surface area (Å²) >= 11 is 0. The summed E-state index contributed by atoms with van der Waals surface area (Å²) in [5.74, 6) is 0.327. The lowest BCUT2D eigenvalue weighted by molar-refractivity contribution is 0.0951. The number of hydrogen-bond acceptors (Lipinski definition) is 2. The summed E-state index contributed by atoms with van der Waals surface area (Å²) in [4.78, 5) is 25.8. The van der Waals surface area contributed by atoms with Crippen molar-refractivity contribution >= 4 is 5.78 Å². The number of carbonyl (C=O) groups excluding carboxylic acids is 1. The van der Waals surface area contributed by atoms with Crippen LogP contribution < -0.4 is 5.43 Å². The number of nitrogens with one attached hydrogen (secondary N) is 1. The molecule has 1 aliphatic rings. The van der Waals surface area contributed by atoms with Crippen LogP contribution in [0.1, 0.15) is 43.2 Å². The monoisotopic (exact) mass is 207 g/mol. The van der Waals surface area contributed by atoms with Gasteiger partial charge in [0, 0.05) is 24.4 Å². The molecule has 1 aliphatic carbocycles. The van der Waals surface area contributed by atoms with E-state index in [9.17, 15) is 9.59 Å². The Hall–Kier alpha value is -1.38. The molecule has 1 heterocycles. The van der Waals surface area contributed by atoms with Crippen molar-refractivity contribution < 1.29 is 4.79 Å². The number of Topliss-reactive ketones (excluding diaryl/α,β-unsaturated/α-hetero) is 1. The summed E-state index contributed by atoms with van der Waals surface area (Å²) in [5.41, 5.74) is 1.03. The number of aromatic amines is 1. The Bertz CT molecular complexity index is 406. The van der Waals surface area contributed by atoms with Gasteiger partial charge in [0.2, 0.25) is 0 Å². The fourth-order valence-corrected chi connectivity index (χ4v) is 1.83. The molecular formula is C12H17NO2. The van der Waals surface area contributed by atoms with Gasteiger partial charge in [0.15, 0.2) is 11.2 Å². The van der Waals surface area contributed by atoms with Gasteiger partial charge in [0.25, 0.3) is 0 Å². The molecule has 0 amide bonds. The highest BCUT2D eigenvalue weighted by molar-refractivity contribution is 5.98. The second-order valence-corrected chi connectivity index (χ2v) is 3.63. The Kier molecular flexibility index (Phi) is 3.83. The molecule has 2 rings (SSSR count). The van der Waals surface area contributed by atoms with Gasteiger partial charge in [-0.3, -0.25) is 9.59 Å². The van der Waals surface area contributed by atoms with Crippen LogP contribution in [0.2, 0.25) is 0 Å². The van der Waals surface area contributed by atoms with Gasteiger partial charge in [0.05, 0.1) is 5.56 Å². The van der Waals surface area contributed by atoms with Crippen molar-refractivity contribution in [1.82, 2.24) is 4.98 Å². The lowest BCUT2D eigenvalue weighted by atomic mass is 9.87. The van der Waals surface area contributed by atoms with Crippen LogP contribution in [0.5, 0.6) is 0 Å². The highest BCUT2D eigenvalue weighted by Crippen LogP contribution is 2.20. The molecule has 3 heteroatoms. The lowest BCUT2D eigenvalue weighted by Crippen LogP contribution is -2.26. The molecule has 0 bridgehead atoms. The summed E-state index contributed by atoms with van der Waals surface area (Å²) in [6.45, 7) is 6.02. The molecule has 82 valence electrons. The number of rotatable bonds is 0. The van der Waals surface area contributed by atoms with Crippen LogP contribution >= 0.6 is 0 Å². The molecule has 15 heavy (non-hydrogen) atoms. The summed E-state index contributed by atoms with van der Waals surface area (Å²) in [6.07, 6.45) is 2.91. The van der Waals surface area contributed by atoms with Gasteiger partial charge in [-0.15, -0.1) is 0 Å². The van der Waals surface area contributed by atoms with Crippen molar-refractivity contribution in [1.29, 1.82) is 0 Å². The molecule has 1 aromatic rings. The topological polar surface area (TPSA) is 49.9 Å². The van der Waals surface area contributed by atoms with Crippen LogP contribution in [0.15, 0.2) is 17.1 Å². The van der Waals surface area contributed by atoms with E-state index >= 15 is 0 Å². The molecule has 0 aromatic carbocycles. The largest absolute Gasteiger partial charge is 0.364 e. The highest BCUT2D eigenvalue weighted by atomic mass is 16.1. The normalized spacial score (nSPS) is 18.9. The minimum Gasteiger partial charge on any atom is -0.364 e. The number of aromatic nitrogens is 1. The van der Waals surface area contributed by atoms with Gasteiger partial charge < -0.3 is 4.98 Å². The van der Waals surface area contributed by atoms with E-state index in [1.54, 1.807) is 6.20 Å². The van der Waals surface area contributed by atoms with E-state index in [0.29, 0.717) is 17.9 Å². The van der Waals surface area contributed by atoms with Crippen molar-refractivity contribution in [2.75, 3.05) is 0 Å². The molecule has 3 nitrogen and oxygen atoms in total. The SMILES string of the molecule is CC.CC1CC(=O)c2c([nH]ccc2=O)C1. The Labute approximate surface area is 89.5 Å². The number of hydrogen-bond donors (Lipinski definition) is 1. The van der Waals surface area contributed by atoms with Gasteiger partial charge >= 0.3 is 0 Å². The molecule has 1 atom stereocenters. The van der Waals surface area contributed by atoms with Crippen molar-refractivity contribution in [3.63, 3.8) is 0 Å². The fourth-order valence-electron chi connectivity index (χ4n) is 1.83. The number of ketones is 1. The average Bonchev–Trinajstić information content (AvgIpc) is 2.19. The molecule has 0 aliphatic heterocycles. The molecule has 0 saturated heterocycles. The highest BCUT2D eigenvalue weighted by Gasteiger charge is 2.24. The van der Waals surface area contributed by atoms with E-state index in [2.05, 4.69) is 4.98 Å². The van der Waals surface area contributed by atoms with Gasteiger partial charge in [-0.1, -0.05) is 20.8 Å². The van der Waals surface area contributed by atoms with E-state index in [1.807, 2.05) is 20.8 Å². The molecule has 1 N–H and O–H groups in total. The standard InChI is InChI=1S/C10H11NO2.C2H6/c1-6-4-7-10(9(13)5-6)8(12)2-3-11-7;1-2/h2-3,6H,4-5H2,1H3,(H,11,12);1-2H3. The number of H-pyrrole nitrogens is 1. The Morgan fingerprint density at radius 1 is 1.27 bits per heavy atom. The molecule has 1 unspecified atom stereocenters. The maximum atomic E-state index is 11.5. The van der Waals surface area contributed by atoms with Crippen molar-refractivity contribution in [3.8, 4) is 0 Å². The maximum absolute atomic E-state index is 11.5. The van der Waals surface area contributed by atoms with Gasteiger partial charge in [-0.05, 0) is 12.3 Å². The molecule has 0 spiro atoms. The predicted octanol–water partition coefficient (Wildman–Crippen LogP) is 2.17. The zero-order valence-corrected chi connectivity index (χ0v) is 9.46. The van der Waals surface area contributed by atoms with Crippen LogP contribution in [0.25, 0.3) is 0 Å². The number of pyridine rings is 1. The third-order valence-corrected chi connectivity index (χ3v) is 2.41. The first-order chi connectivity index (χ1) is 7.18. The molecular weight excluding hydrogens is 190 g/mol. The fraction of sp³-hybridized carbons (Fsp3) is 0.500. The second-order valence-electron chi connectivity index (χ2n) is 3.63. The number of carbonyl (C=O) groups is 1. The van der Waals surface area contributed by atoms with E-state index < -0.39 is 0 Å². The van der Waals surface area contributed by atoms with E-state index in [-0.39, 0.29) is 11.2 Å². The molecule has 1 aromatic heterocycles. The van der Waals surface area contributed by atoms with Crippen LogP contribution in [0.4, 0.5) is 0 Å². The Balaban J connectivity index is 0.000000531. The summed E-state index contributed by atoms with van der Waals surface area (Å²) in [5, 5.41) is 0. The Morgan fingerprint density at radius 2 is 1.93 bits per heavy atom. The van der Waals surface area contributed by atoms with Crippen LogP contribution in [-0.2, 0) is 6.42 Å². The van der Waals surface area contributed by atoms with Crippen molar-refractivity contribution in [2.24, 2.45) is 5.92 Å². The zero-order chi connectivity index (χ0) is 11.4. The van der Waals surface area contributed by atoms with Gasteiger partial charge in [-0.2, -0.15) is 0 Å². The molecule has 0 saturated carbocycles. The third kappa shape index (κ3) is 2.35. The van der Waals surface area contributed by atoms with E-state index in [4.69, 9.17) is 0 Å². The average molecular weight is 207 g/mol. The second kappa shape index (κ2) is 4.91. The Morgan fingerprint density at radius 3 is 2.60 bits per heavy atom. The van der Waals surface area contributed by atoms with E-state index in [1.165, 1.54) is 6.07 Å². The summed E-state index contributed by atoms with van der Waals surface area (Å²) < 4.78 is 0. The predicted molar refractivity (Wildman–Crippen MR) is 60.2 cm³/mol. The van der Waals surface area contributed by atoms with Crippen LogP contribution in [0.3, 0.4) is 0 Å². The van der Waals surface area contributed by atoms with Gasteiger partial charge in [-0.25, -0.2) is 0 Å². The van der Waals surface area contributed by atoms with Crippen LogP contribution in [0, 0.1) is 5.92 Å². The minimum atomic E-state index is -0.148. The first-order valence-corrected chi connectivity index (χ1v) is 5.42. The quantitative estimate of drug-likeness (QED) is 0.708. The van der Waals surface area contributed by atoms with Crippen molar-refractivity contribution in [2.45, 2.75) is 33.6 Å². The number of fused-ring (bicyclic) bond motifs is 1. The van der Waals surface area contributed by atoms with E-state index in [0.717, 1.165) is 12.1 Å². The molecule has 0 fully saturated rings. The maximum Gasteiger partial charge on any atom is 0.192 e. The smallest absolute Gasteiger partial charge is 0.192 e. The zero-order valence-electron chi connectivity index (χ0n) is 9.46. The first kappa shape index (κ1) is 11.7. The lowest BCUT2D eigenvalue weighted by Gasteiger charge is -2.18. The summed E-state index contributed by atoms with van der Waals surface area (Å²) in [7, 11) is 0. The van der Waals surface area contributed by atoms with Crippen LogP contribution in [-0.4, -0.2) is 10.8 Å². The first-order valence-electron chi connectivity index (χ1n) is 5.42. The van der Waals surface area contributed by atoms with Gasteiger partial charge in [0.1, 0.15) is 0 Å². The molecule has 0 radical (unpaired) electrons. The van der Waals surface area contributed by atoms with Crippen molar-refractivity contribution in [3.05, 3.63) is 33.7 Å². The third-order valence-electron chi connectivity index (χ3n) is 2.41. The summed E-state index contributed by atoms with van der Waals surface area (Å²) in [6, 6.07) is 1.41. The minimum absolute atomic E-state index is 0.0180.